The first kappa shape index (κ1) is 16.7. The van der Waals surface area contributed by atoms with Gasteiger partial charge in [-0.05, 0) is 42.7 Å². The third-order valence-electron chi connectivity index (χ3n) is 4.58. The van der Waals surface area contributed by atoms with Gasteiger partial charge in [-0.15, -0.1) is 0 Å². The summed E-state index contributed by atoms with van der Waals surface area (Å²) >= 11 is 0. The molecule has 0 amide bonds. The second kappa shape index (κ2) is 6.89. The van der Waals surface area contributed by atoms with E-state index < -0.39 is 11.0 Å². The Kier molecular flexibility index (Phi) is 4.43. The molecule has 130 valence electrons. The third kappa shape index (κ3) is 2.97. The predicted octanol–water partition coefficient (Wildman–Crippen LogP) is 5.15. The van der Waals surface area contributed by atoms with E-state index in [-0.39, 0.29) is 0 Å². The molecule has 26 heavy (non-hydrogen) atoms. The molecule has 2 heterocycles. The minimum absolute atomic E-state index is 0.764. The Balaban J connectivity index is 1.84. The number of aryl methyl sites for hydroxylation is 2. The molecular formula is C22H20N2OS. The van der Waals surface area contributed by atoms with Crippen LogP contribution < -0.4 is 0 Å². The van der Waals surface area contributed by atoms with Crippen LogP contribution in [0.5, 0.6) is 0 Å². The van der Waals surface area contributed by atoms with Crippen molar-refractivity contribution in [3.8, 4) is 11.1 Å². The summed E-state index contributed by atoms with van der Waals surface area (Å²) in [6.07, 6.45) is 4.71. The second-order valence-corrected chi connectivity index (χ2v) is 7.72. The van der Waals surface area contributed by atoms with Gasteiger partial charge < -0.3 is 0 Å². The van der Waals surface area contributed by atoms with Crippen molar-refractivity contribution in [1.82, 2.24) is 8.96 Å². The summed E-state index contributed by atoms with van der Waals surface area (Å²) in [6, 6.07) is 20.2. The fourth-order valence-corrected chi connectivity index (χ4v) is 4.23. The van der Waals surface area contributed by atoms with Gasteiger partial charge in [0.1, 0.15) is 0 Å². The van der Waals surface area contributed by atoms with Crippen molar-refractivity contribution < 1.29 is 4.21 Å². The van der Waals surface area contributed by atoms with E-state index in [0.29, 0.717) is 0 Å². The zero-order chi connectivity index (χ0) is 18.1. The fourth-order valence-electron chi connectivity index (χ4n) is 3.11. The summed E-state index contributed by atoms with van der Waals surface area (Å²) in [7, 11) is -1.31. The molecule has 0 aliphatic heterocycles. The molecule has 1 unspecified atom stereocenters. The normalized spacial score (nSPS) is 12.4. The molecule has 0 saturated heterocycles. The van der Waals surface area contributed by atoms with E-state index in [1.165, 1.54) is 0 Å². The minimum atomic E-state index is -1.31. The van der Waals surface area contributed by atoms with Crippen LogP contribution in [0.1, 0.15) is 18.1 Å². The van der Waals surface area contributed by atoms with E-state index in [1.807, 2.05) is 61.8 Å². The van der Waals surface area contributed by atoms with Crippen molar-refractivity contribution in [2.24, 2.45) is 0 Å². The highest BCUT2D eigenvalue weighted by molar-refractivity contribution is 7.83. The average molecular weight is 360 g/mol. The highest BCUT2D eigenvalue weighted by atomic mass is 32.2. The molecule has 0 aliphatic rings. The first-order chi connectivity index (χ1) is 12.7. The molecule has 0 bridgehead atoms. The molecule has 4 heteroatoms. The van der Waals surface area contributed by atoms with Gasteiger partial charge in [0.15, 0.2) is 16.6 Å². The Morgan fingerprint density at radius 2 is 1.73 bits per heavy atom. The predicted molar refractivity (Wildman–Crippen MR) is 108 cm³/mol. The summed E-state index contributed by atoms with van der Waals surface area (Å²) in [4.78, 5) is 5.44. The number of hydrogen-bond donors (Lipinski definition) is 0. The lowest BCUT2D eigenvalue weighted by Gasteiger charge is -2.06. The highest BCUT2D eigenvalue weighted by Crippen LogP contribution is 2.28. The van der Waals surface area contributed by atoms with Gasteiger partial charge in [0.05, 0.1) is 4.90 Å². The average Bonchev–Trinajstić information content (AvgIpc) is 3.06. The summed E-state index contributed by atoms with van der Waals surface area (Å²) in [6.45, 7) is 4.14. The smallest absolute Gasteiger partial charge is 0.158 e. The molecule has 2 aromatic heterocycles. The van der Waals surface area contributed by atoms with Gasteiger partial charge in [0, 0.05) is 23.3 Å². The maximum atomic E-state index is 13.1. The van der Waals surface area contributed by atoms with Crippen LogP contribution in [0.3, 0.4) is 0 Å². The van der Waals surface area contributed by atoms with Crippen LogP contribution in [0.4, 0.5) is 0 Å². The zero-order valence-electron chi connectivity index (χ0n) is 14.8. The van der Waals surface area contributed by atoms with Gasteiger partial charge >= 0.3 is 0 Å². The Bertz CT molecular complexity index is 1080. The van der Waals surface area contributed by atoms with Gasteiger partial charge in [-0.1, -0.05) is 55.0 Å². The topological polar surface area (TPSA) is 34.9 Å². The van der Waals surface area contributed by atoms with E-state index in [1.54, 1.807) is 3.97 Å². The molecule has 3 nitrogen and oxygen atoms in total. The van der Waals surface area contributed by atoms with Gasteiger partial charge in [-0.3, -0.25) is 0 Å². The van der Waals surface area contributed by atoms with E-state index in [0.717, 1.165) is 44.6 Å². The van der Waals surface area contributed by atoms with E-state index in [4.69, 9.17) is 0 Å². The number of hydrogen-bond acceptors (Lipinski definition) is 2. The maximum Gasteiger partial charge on any atom is 0.158 e. The molecular weight excluding hydrogens is 340 g/mol. The van der Waals surface area contributed by atoms with Crippen molar-refractivity contribution in [3.63, 3.8) is 0 Å². The number of pyridine rings is 1. The first-order valence-corrected chi connectivity index (χ1v) is 9.82. The van der Waals surface area contributed by atoms with Crippen LogP contribution >= 0.6 is 0 Å². The molecule has 0 spiro atoms. The van der Waals surface area contributed by atoms with Gasteiger partial charge in [-0.2, -0.15) is 0 Å². The van der Waals surface area contributed by atoms with Crippen molar-refractivity contribution in [1.29, 1.82) is 0 Å². The molecule has 1 atom stereocenters. The van der Waals surface area contributed by atoms with Crippen molar-refractivity contribution >= 4 is 22.0 Å². The quantitative estimate of drug-likeness (QED) is 0.505. The van der Waals surface area contributed by atoms with Crippen LogP contribution in [0.25, 0.3) is 22.2 Å². The highest BCUT2D eigenvalue weighted by Gasteiger charge is 2.15. The van der Waals surface area contributed by atoms with E-state index in [2.05, 4.69) is 30.1 Å². The summed E-state index contributed by atoms with van der Waals surface area (Å²) in [5.41, 5.74) is 5.29. The molecule has 4 aromatic rings. The monoisotopic (exact) mass is 360 g/mol. The molecule has 0 radical (unpaired) electrons. The lowest BCUT2D eigenvalue weighted by molar-refractivity contribution is 0.678. The number of nitrogens with zero attached hydrogens (tertiary/aromatic N) is 2. The van der Waals surface area contributed by atoms with E-state index >= 15 is 0 Å². The largest absolute Gasteiger partial charge is 0.246 e. The Labute approximate surface area is 155 Å². The van der Waals surface area contributed by atoms with Gasteiger partial charge in [0.2, 0.25) is 0 Å². The maximum absolute atomic E-state index is 13.1. The molecule has 0 aliphatic carbocycles. The summed E-state index contributed by atoms with van der Waals surface area (Å²) in [5.74, 6) is 0. The standard InChI is InChI=1S/C22H20N2OS/c1-3-17-15-24(26(25)20-11-9-16(2)10-12-20)22-21(17)13-19(14-23-22)18-7-5-4-6-8-18/h4-15H,3H2,1-2H3. The molecule has 2 aromatic carbocycles. The molecule has 0 fully saturated rings. The van der Waals surface area contributed by atoms with Crippen LogP contribution in [0, 0.1) is 6.92 Å². The van der Waals surface area contributed by atoms with Crippen molar-refractivity contribution in [3.05, 3.63) is 84.2 Å². The SMILES string of the molecule is CCc1cn(S(=O)c2ccc(C)cc2)c2ncc(-c3ccccc3)cc12. The molecule has 4 rings (SSSR count). The lowest BCUT2D eigenvalue weighted by atomic mass is 10.1. The Hall–Kier alpha value is -2.72. The minimum Gasteiger partial charge on any atom is -0.246 e. The number of rotatable bonds is 4. The fraction of sp³-hybridized carbons (Fsp3) is 0.136. The van der Waals surface area contributed by atoms with Crippen molar-refractivity contribution in [2.45, 2.75) is 25.2 Å². The van der Waals surface area contributed by atoms with Crippen LogP contribution in [-0.2, 0) is 17.4 Å². The second-order valence-electron chi connectivity index (χ2n) is 6.36. The van der Waals surface area contributed by atoms with Crippen molar-refractivity contribution in [2.75, 3.05) is 0 Å². The summed E-state index contributed by atoms with van der Waals surface area (Å²) < 4.78 is 14.9. The lowest BCUT2D eigenvalue weighted by Crippen LogP contribution is -2.04. The van der Waals surface area contributed by atoms with Crippen LogP contribution in [0.2, 0.25) is 0 Å². The number of fused-ring (bicyclic) bond motifs is 1. The van der Waals surface area contributed by atoms with Gasteiger partial charge in [0.25, 0.3) is 0 Å². The van der Waals surface area contributed by atoms with Crippen LogP contribution in [-0.4, -0.2) is 13.2 Å². The zero-order valence-corrected chi connectivity index (χ0v) is 15.7. The molecule has 0 saturated carbocycles. The summed E-state index contributed by atoms with van der Waals surface area (Å²) in [5, 5.41) is 1.06. The number of benzene rings is 2. The molecule has 0 N–H and O–H groups in total. The Morgan fingerprint density at radius 1 is 1.00 bits per heavy atom. The first-order valence-electron chi connectivity index (χ1n) is 8.71. The number of aromatic nitrogens is 2. The van der Waals surface area contributed by atoms with Crippen LogP contribution in [0.15, 0.2) is 78.0 Å². The van der Waals surface area contributed by atoms with Gasteiger partial charge in [-0.25, -0.2) is 13.2 Å². The Morgan fingerprint density at radius 3 is 2.42 bits per heavy atom. The van der Waals surface area contributed by atoms with E-state index in [9.17, 15) is 4.21 Å². The third-order valence-corrected chi connectivity index (χ3v) is 5.89.